The third kappa shape index (κ3) is 2.67. The van der Waals surface area contributed by atoms with E-state index < -0.39 is 6.04 Å². The third-order valence-corrected chi connectivity index (χ3v) is 3.17. The molecule has 1 aromatic rings. The van der Waals surface area contributed by atoms with Crippen molar-refractivity contribution in [3.63, 3.8) is 0 Å². The molecule has 1 N–H and O–H groups in total. The first kappa shape index (κ1) is 13.3. The molecule has 0 unspecified atom stereocenters. The zero-order valence-electron chi connectivity index (χ0n) is 11.4. The number of benzene rings is 1. The first-order valence-corrected chi connectivity index (χ1v) is 6.37. The summed E-state index contributed by atoms with van der Waals surface area (Å²) in [5.74, 6) is -0.189. The molecule has 0 bridgehead atoms. The SMILES string of the molecule is CC(=O)N1C=C(c2ccccc2)NC(=O)[C@@H]1C(C)C. The molecule has 4 nitrogen and oxygen atoms in total. The Morgan fingerprint density at radius 1 is 1.26 bits per heavy atom. The van der Waals surface area contributed by atoms with Crippen LogP contribution in [0.25, 0.3) is 5.70 Å². The van der Waals surface area contributed by atoms with Gasteiger partial charge >= 0.3 is 0 Å². The number of amides is 2. The predicted octanol–water partition coefficient (Wildman–Crippen LogP) is 1.99. The fourth-order valence-electron chi connectivity index (χ4n) is 2.26. The summed E-state index contributed by atoms with van der Waals surface area (Å²) in [5, 5.41) is 2.88. The second-order valence-corrected chi connectivity index (χ2v) is 5.01. The van der Waals surface area contributed by atoms with Crippen LogP contribution < -0.4 is 5.32 Å². The third-order valence-electron chi connectivity index (χ3n) is 3.17. The van der Waals surface area contributed by atoms with Gasteiger partial charge in [-0.05, 0) is 11.5 Å². The molecule has 4 heteroatoms. The molecule has 0 spiro atoms. The number of hydrogen-bond acceptors (Lipinski definition) is 2. The van der Waals surface area contributed by atoms with Crippen LogP contribution in [0, 0.1) is 5.92 Å². The average Bonchev–Trinajstić information content (AvgIpc) is 2.38. The zero-order valence-corrected chi connectivity index (χ0v) is 11.4. The minimum atomic E-state index is -0.440. The van der Waals surface area contributed by atoms with Gasteiger partial charge in [-0.3, -0.25) is 9.59 Å². The van der Waals surface area contributed by atoms with E-state index in [1.807, 2.05) is 44.2 Å². The summed E-state index contributed by atoms with van der Waals surface area (Å²) < 4.78 is 0. The van der Waals surface area contributed by atoms with Gasteiger partial charge in [0, 0.05) is 13.1 Å². The van der Waals surface area contributed by atoms with E-state index >= 15 is 0 Å². The zero-order chi connectivity index (χ0) is 14.0. The van der Waals surface area contributed by atoms with Crippen molar-refractivity contribution in [2.75, 3.05) is 0 Å². The molecule has 2 amide bonds. The molecular weight excluding hydrogens is 240 g/mol. The van der Waals surface area contributed by atoms with Crippen molar-refractivity contribution in [1.82, 2.24) is 10.2 Å². The number of carbonyl (C=O) groups is 2. The van der Waals surface area contributed by atoms with E-state index in [0.717, 1.165) is 5.56 Å². The molecule has 0 saturated carbocycles. The Labute approximate surface area is 113 Å². The second kappa shape index (κ2) is 5.26. The molecule has 0 aromatic heterocycles. The quantitative estimate of drug-likeness (QED) is 0.882. The van der Waals surface area contributed by atoms with Crippen LogP contribution in [-0.4, -0.2) is 22.8 Å². The van der Waals surface area contributed by atoms with Crippen LogP contribution in [0.1, 0.15) is 26.3 Å². The number of nitrogens with one attached hydrogen (secondary N) is 1. The molecular formula is C15H18N2O2. The normalized spacial score (nSPS) is 19.2. The molecule has 1 aromatic carbocycles. The van der Waals surface area contributed by atoms with Crippen molar-refractivity contribution in [2.45, 2.75) is 26.8 Å². The Kier molecular flexibility index (Phi) is 3.69. The van der Waals surface area contributed by atoms with Gasteiger partial charge in [0.15, 0.2) is 0 Å². The average molecular weight is 258 g/mol. The maximum Gasteiger partial charge on any atom is 0.247 e. The van der Waals surface area contributed by atoms with Crippen LogP contribution in [-0.2, 0) is 9.59 Å². The summed E-state index contributed by atoms with van der Waals surface area (Å²) in [6.45, 7) is 5.34. The topological polar surface area (TPSA) is 49.4 Å². The lowest BCUT2D eigenvalue weighted by molar-refractivity contribution is -0.137. The summed E-state index contributed by atoms with van der Waals surface area (Å²) in [7, 11) is 0. The summed E-state index contributed by atoms with van der Waals surface area (Å²) in [6, 6.07) is 9.07. The Bertz CT molecular complexity index is 520. The van der Waals surface area contributed by atoms with Gasteiger partial charge in [-0.15, -0.1) is 0 Å². The van der Waals surface area contributed by atoms with Crippen molar-refractivity contribution in [1.29, 1.82) is 0 Å². The lowest BCUT2D eigenvalue weighted by Gasteiger charge is -2.34. The lowest BCUT2D eigenvalue weighted by Crippen LogP contribution is -2.52. The minimum Gasteiger partial charge on any atom is -0.322 e. The maximum absolute atomic E-state index is 12.2. The van der Waals surface area contributed by atoms with Gasteiger partial charge in [0.2, 0.25) is 11.8 Å². The number of carbonyl (C=O) groups excluding carboxylic acids is 2. The first-order valence-electron chi connectivity index (χ1n) is 6.37. The Morgan fingerprint density at radius 2 is 1.89 bits per heavy atom. The fourth-order valence-corrected chi connectivity index (χ4v) is 2.26. The summed E-state index contributed by atoms with van der Waals surface area (Å²) in [5.41, 5.74) is 1.56. The van der Waals surface area contributed by atoms with Crippen LogP contribution in [0.2, 0.25) is 0 Å². The number of rotatable bonds is 2. The van der Waals surface area contributed by atoms with E-state index in [1.54, 1.807) is 6.20 Å². The Hall–Kier alpha value is -2.10. The second-order valence-electron chi connectivity index (χ2n) is 5.01. The number of nitrogens with zero attached hydrogens (tertiary/aromatic N) is 1. The van der Waals surface area contributed by atoms with Crippen molar-refractivity contribution in [3.8, 4) is 0 Å². The molecule has 1 atom stereocenters. The molecule has 0 saturated heterocycles. The van der Waals surface area contributed by atoms with Crippen molar-refractivity contribution < 1.29 is 9.59 Å². The maximum atomic E-state index is 12.2. The molecule has 1 heterocycles. The lowest BCUT2D eigenvalue weighted by atomic mass is 9.99. The Balaban J connectivity index is 2.41. The summed E-state index contributed by atoms with van der Waals surface area (Å²) in [6.07, 6.45) is 1.73. The monoisotopic (exact) mass is 258 g/mol. The van der Waals surface area contributed by atoms with Crippen LogP contribution in [0.15, 0.2) is 36.5 Å². The van der Waals surface area contributed by atoms with Crippen molar-refractivity contribution >= 4 is 17.5 Å². The Morgan fingerprint density at radius 3 is 2.42 bits per heavy atom. The van der Waals surface area contributed by atoms with Crippen molar-refractivity contribution in [3.05, 3.63) is 42.1 Å². The van der Waals surface area contributed by atoms with E-state index in [9.17, 15) is 9.59 Å². The molecule has 0 aliphatic carbocycles. The molecule has 2 rings (SSSR count). The molecule has 1 aliphatic heterocycles. The van der Waals surface area contributed by atoms with E-state index in [2.05, 4.69) is 5.32 Å². The van der Waals surface area contributed by atoms with Gasteiger partial charge in [-0.25, -0.2) is 0 Å². The van der Waals surface area contributed by atoms with Crippen LogP contribution in [0.4, 0.5) is 0 Å². The van der Waals surface area contributed by atoms with Gasteiger partial charge in [-0.2, -0.15) is 0 Å². The molecule has 1 aliphatic rings. The van der Waals surface area contributed by atoms with E-state index in [4.69, 9.17) is 0 Å². The largest absolute Gasteiger partial charge is 0.322 e. The fraction of sp³-hybridized carbons (Fsp3) is 0.333. The first-order chi connectivity index (χ1) is 9.00. The van der Waals surface area contributed by atoms with Crippen molar-refractivity contribution in [2.24, 2.45) is 5.92 Å². The van der Waals surface area contributed by atoms with Crippen LogP contribution in [0.5, 0.6) is 0 Å². The predicted molar refractivity (Wildman–Crippen MR) is 73.7 cm³/mol. The molecule has 100 valence electrons. The van der Waals surface area contributed by atoms with E-state index in [1.165, 1.54) is 11.8 Å². The van der Waals surface area contributed by atoms with E-state index in [-0.39, 0.29) is 17.7 Å². The summed E-state index contributed by atoms with van der Waals surface area (Å²) >= 11 is 0. The van der Waals surface area contributed by atoms with Crippen LogP contribution >= 0.6 is 0 Å². The number of hydrogen-bond donors (Lipinski definition) is 1. The smallest absolute Gasteiger partial charge is 0.247 e. The highest BCUT2D eigenvalue weighted by molar-refractivity contribution is 5.96. The minimum absolute atomic E-state index is 0.0671. The van der Waals surface area contributed by atoms with Gasteiger partial charge in [0.1, 0.15) is 6.04 Å². The molecule has 19 heavy (non-hydrogen) atoms. The summed E-state index contributed by atoms with van der Waals surface area (Å²) in [4.78, 5) is 25.4. The standard InChI is InChI=1S/C15H18N2O2/c1-10(2)14-15(19)16-13(9-17(14)11(3)18)12-7-5-4-6-8-12/h4-10,14H,1-3H3,(H,16,19)/t14-/m0/s1. The van der Waals surface area contributed by atoms with Gasteiger partial charge in [-0.1, -0.05) is 44.2 Å². The van der Waals surface area contributed by atoms with Gasteiger partial charge in [0.25, 0.3) is 0 Å². The van der Waals surface area contributed by atoms with Gasteiger partial charge < -0.3 is 10.2 Å². The highest BCUT2D eigenvalue weighted by Crippen LogP contribution is 2.22. The highest BCUT2D eigenvalue weighted by Gasteiger charge is 2.34. The van der Waals surface area contributed by atoms with Crippen LogP contribution in [0.3, 0.4) is 0 Å². The van der Waals surface area contributed by atoms with Gasteiger partial charge in [0.05, 0.1) is 5.70 Å². The highest BCUT2D eigenvalue weighted by atomic mass is 16.2. The van der Waals surface area contributed by atoms with E-state index in [0.29, 0.717) is 5.70 Å². The molecule has 0 radical (unpaired) electrons. The molecule has 0 fully saturated rings.